The predicted molar refractivity (Wildman–Crippen MR) is 130 cm³/mol. The highest BCUT2D eigenvalue weighted by Crippen LogP contribution is 2.42. The smallest absolute Gasteiger partial charge is 0.244 e. The fourth-order valence-corrected chi connectivity index (χ4v) is 5.70. The number of benzene rings is 2. The van der Waals surface area contributed by atoms with Crippen LogP contribution in [-0.4, -0.2) is 39.3 Å². The zero-order valence-corrected chi connectivity index (χ0v) is 20.8. The summed E-state index contributed by atoms with van der Waals surface area (Å²) in [4.78, 5) is 13.5. The van der Waals surface area contributed by atoms with E-state index in [1.54, 1.807) is 31.4 Å². The van der Waals surface area contributed by atoms with Gasteiger partial charge in [0, 0.05) is 12.0 Å². The number of ether oxygens (including phenoxy) is 2. The van der Waals surface area contributed by atoms with Crippen molar-refractivity contribution in [1.29, 1.82) is 0 Å². The summed E-state index contributed by atoms with van der Waals surface area (Å²) < 4.78 is 38.3. The van der Waals surface area contributed by atoms with Gasteiger partial charge in [0.1, 0.15) is 23.1 Å². The second-order valence-corrected chi connectivity index (χ2v) is 10.3. The molecule has 2 atom stereocenters. The Bertz CT molecular complexity index is 1060. The first-order valence-electron chi connectivity index (χ1n) is 11.4. The van der Waals surface area contributed by atoms with Crippen molar-refractivity contribution in [2.75, 3.05) is 17.7 Å². The van der Waals surface area contributed by atoms with Crippen molar-refractivity contribution >= 4 is 21.6 Å². The zero-order chi connectivity index (χ0) is 24.2. The third-order valence-electron chi connectivity index (χ3n) is 6.46. The Morgan fingerprint density at radius 1 is 1.15 bits per heavy atom. The van der Waals surface area contributed by atoms with Gasteiger partial charge in [-0.25, -0.2) is 8.42 Å². The fourth-order valence-electron chi connectivity index (χ4n) is 4.49. The first-order chi connectivity index (χ1) is 15.7. The maximum atomic E-state index is 13.5. The van der Waals surface area contributed by atoms with E-state index in [-0.39, 0.29) is 17.6 Å². The minimum Gasteiger partial charge on any atom is -0.497 e. The number of methoxy groups -OCH3 is 1. The first-order valence-corrected chi connectivity index (χ1v) is 13.2. The molecule has 0 radical (unpaired) electrons. The molecule has 2 aromatic carbocycles. The third kappa shape index (κ3) is 5.27. The van der Waals surface area contributed by atoms with Gasteiger partial charge < -0.3 is 14.8 Å². The molecular weight excluding hydrogens is 440 g/mol. The average molecular weight is 475 g/mol. The van der Waals surface area contributed by atoms with Crippen molar-refractivity contribution < 1.29 is 22.7 Å². The number of sulfonamides is 1. The van der Waals surface area contributed by atoms with Gasteiger partial charge in [0.05, 0.1) is 25.1 Å². The molecule has 2 aromatic rings. The number of carbonyl (C=O) groups excluding carboxylic acids is 1. The Balaban J connectivity index is 1.94. The van der Waals surface area contributed by atoms with Crippen LogP contribution in [0, 0.1) is 0 Å². The minimum absolute atomic E-state index is 0.270. The summed E-state index contributed by atoms with van der Waals surface area (Å²) in [6, 6.07) is 13.2. The molecule has 1 aliphatic heterocycles. The van der Waals surface area contributed by atoms with Crippen molar-refractivity contribution in [3.05, 3.63) is 54.1 Å². The topological polar surface area (TPSA) is 84.9 Å². The number of nitrogens with one attached hydrogen (secondary N) is 1. The van der Waals surface area contributed by atoms with Gasteiger partial charge in [-0.3, -0.25) is 9.10 Å². The van der Waals surface area contributed by atoms with Crippen LogP contribution in [0.2, 0.25) is 0 Å². The summed E-state index contributed by atoms with van der Waals surface area (Å²) in [5.74, 6) is 1.04. The van der Waals surface area contributed by atoms with Crippen LogP contribution in [-0.2, 0) is 14.8 Å². The number of para-hydroxylation sites is 1. The molecule has 180 valence electrons. The Morgan fingerprint density at radius 3 is 2.33 bits per heavy atom. The Hall–Kier alpha value is -2.74. The Kier molecular flexibility index (Phi) is 7.57. The minimum atomic E-state index is -3.72. The number of rotatable bonds is 9. The van der Waals surface area contributed by atoms with E-state index < -0.39 is 16.1 Å². The van der Waals surface area contributed by atoms with Crippen LogP contribution in [0.25, 0.3) is 0 Å². The Morgan fingerprint density at radius 2 is 1.79 bits per heavy atom. The molecule has 8 heteroatoms. The van der Waals surface area contributed by atoms with E-state index in [0.29, 0.717) is 24.3 Å². The van der Waals surface area contributed by atoms with Gasteiger partial charge in [-0.05, 0) is 49.6 Å². The Labute approximate surface area is 197 Å². The highest BCUT2D eigenvalue weighted by Gasteiger charge is 2.40. The van der Waals surface area contributed by atoms with Crippen molar-refractivity contribution in [2.45, 2.75) is 64.1 Å². The average Bonchev–Trinajstić information content (AvgIpc) is 2.81. The number of hydrogen-bond donors (Lipinski definition) is 1. The van der Waals surface area contributed by atoms with E-state index in [1.807, 2.05) is 31.2 Å². The van der Waals surface area contributed by atoms with Crippen molar-refractivity contribution in [3.63, 3.8) is 0 Å². The van der Waals surface area contributed by atoms with Gasteiger partial charge in [0.15, 0.2) is 0 Å². The fraction of sp³-hybridized carbons (Fsp3) is 0.480. The molecule has 0 saturated heterocycles. The van der Waals surface area contributed by atoms with E-state index in [2.05, 4.69) is 19.2 Å². The van der Waals surface area contributed by atoms with E-state index >= 15 is 0 Å². The van der Waals surface area contributed by atoms with E-state index in [0.717, 1.165) is 30.4 Å². The molecule has 0 spiro atoms. The van der Waals surface area contributed by atoms with Crippen LogP contribution in [0.4, 0.5) is 5.69 Å². The molecular formula is C25H34N2O5S. The highest BCUT2D eigenvalue weighted by molar-refractivity contribution is 7.92. The number of fused-ring (bicyclic) bond motifs is 1. The molecule has 0 fully saturated rings. The summed E-state index contributed by atoms with van der Waals surface area (Å²) >= 11 is 0. The van der Waals surface area contributed by atoms with E-state index in [1.165, 1.54) is 4.31 Å². The number of carbonyl (C=O) groups is 1. The lowest BCUT2D eigenvalue weighted by molar-refractivity contribution is -0.123. The molecule has 3 rings (SSSR count). The van der Waals surface area contributed by atoms with Gasteiger partial charge in [0.25, 0.3) is 0 Å². The summed E-state index contributed by atoms with van der Waals surface area (Å²) in [6.45, 7) is 5.98. The molecule has 0 saturated carbocycles. The molecule has 0 aliphatic carbocycles. The van der Waals surface area contributed by atoms with E-state index in [4.69, 9.17) is 9.47 Å². The molecule has 1 amide bonds. The van der Waals surface area contributed by atoms with Gasteiger partial charge in [0.2, 0.25) is 15.9 Å². The van der Waals surface area contributed by atoms with Crippen LogP contribution >= 0.6 is 0 Å². The molecule has 0 aromatic heterocycles. The summed E-state index contributed by atoms with van der Waals surface area (Å²) in [5, 5.41) is 3.14. The zero-order valence-electron chi connectivity index (χ0n) is 20.0. The highest BCUT2D eigenvalue weighted by atomic mass is 32.2. The predicted octanol–water partition coefficient (Wildman–Crippen LogP) is 4.44. The second-order valence-electron chi connectivity index (χ2n) is 8.48. The monoisotopic (exact) mass is 474 g/mol. The SMILES string of the molecule is CC[C@H](C(=O)N[C@H]1CC(CC)(CC)Oc2ccccc21)N(c1ccc(OC)cc1)S(C)(=O)=O. The van der Waals surface area contributed by atoms with Gasteiger partial charge in [-0.15, -0.1) is 0 Å². The lowest BCUT2D eigenvalue weighted by atomic mass is 9.83. The molecule has 33 heavy (non-hydrogen) atoms. The van der Waals surface area contributed by atoms with Gasteiger partial charge >= 0.3 is 0 Å². The second kappa shape index (κ2) is 10.0. The summed E-state index contributed by atoms with van der Waals surface area (Å²) in [7, 11) is -2.17. The van der Waals surface area contributed by atoms with E-state index in [9.17, 15) is 13.2 Å². The lowest BCUT2D eigenvalue weighted by Gasteiger charge is -2.42. The maximum Gasteiger partial charge on any atom is 0.244 e. The van der Waals surface area contributed by atoms with Crippen LogP contribution in [0.15, 0.2) is 48.5 Å². The van der Waals surface area contributed by atoms with Crippen molar-refractivity contribution in [2.24, 2.45) is 0 Å². The first kappa shape index (κ1) is 24.9. The summed E-state index contributed by atoms with van der Waals surface area (Å²) in [5.41, 5.74) is 0.957. The standard InChI is InChI=1S/C25H34N2O5S/c1-6-22(27(33(5,29)30)18-13-15-19(31-4)16-14-18)24(28)26-21-17-25(7-2,8-3)32-23-12-10-9-11-20(21)23/h9-16,21-22H,6-8,17H2,1-5H3,(H,26,28)/t21-,22+/m0/s1. The molecule has 1 aliphatic rings. The number of amides is 1. The molecule has 0 unspecified atom stereocenters. The number of anilines is 1. The lowest BCUT2D eigenvalue weighted by Crippen LogP contribution is -2.52. The van der Waals surface area contributed by atoms with Crippen LogP contribution < -0.4 is 19.1 Å². The maximum absolute atomic E-state index is 13.5. The number of nitrogens with zero attached hydrogens (tertiary/aromatic N) is 1. The molecule has 1 N–H and O–H groups in total. The molecule has 1 heterocycles. The van der Waals surface area contributed by atoms with Crippen LogP contribution in [0.1, 0.15) is 58.1 Å². The summed E-state index contributed by atoms with van der Waals surface area (Å²) in [6.07, 6.45) is 3.69. The van der Waals surface area contributed by atoms with Crippen LogP contribution in [0.3, 0.4) is 0 Å². The third-order valence-corrected chi connectivity index (χ3v) is 7.64. The normalized spacial score (nSPS) is 17.9. The van der Waals surface area contributed by atoms with Crippen molar-refractivity contribution in [3.8, 4) is 11.5 Å². The van der Waals surface area contributed by atoms with Gasteiger partial charge in [-0.2, -0.15) is 0 Å². The quantitative estimate of drug-likeness (QED) is 0.581. The van der Waals surface area contributed by atoms with Gasteiger partial charge in [-0.1, -0.05) is 39.0 Å². The number of hydrogen-bond acceptors (Lipinski definition) is 5. The molecule has 7 nitrogen and oxygen atoms in total. The van der Waals surface area contributed by atoms with Crippen molar-refractivity contribution in [1.82, 2.24) is 5.32 Å². The molecule has 0 bridgehead atoms. The largest absolute Gasteiger partial charge is 0.497 e. The van der Waals surface area contributed by atoms with Crippen LogP contribution in [0.5, 0.6) is 11.5 Å².